The molecule has 90 valence electrons. The van der Waals surface area contributed by atoms with Crippen LogP contribution >= 0.6 is 0 Å². The molecule has 0 saturated heterocycles. The van der Waals surface area contributed by atoms with Crippen molar-refractivity contribution in [1.82, 2.24) is 5.32 Å². The fourth-order valence-corrected chi connectivity index (χ4v) is 2.02. The molecule has 0 aromatic carbocycles. The van der Waals surface area contributed by atoms with E-state index in [1.807, 2.05) is 0 Å². The van der Waals surface area contributed by atoms with Crippen LogP contribution in [0.25, 0.3) is 0 Å². The lowest BCUT2D eigenvalue weighted by molar-refractivity contribution is -0.165. The predicted molar refractivity (Wildman–Crippen MR) is 50.4 cm³/mol. The van der Waals surface area contributed by atoms with Crippen LogP contribution in [0, 0.1) is 0 Å². The second kappa shape index (κ2) is 3.93. The van der Waals surface area contributed by atoms with E-state index in [0.29, 0.717) is 0 Å². The Labute approximate surface area is 87.0 Å². The van der Waals surface area contributed by atoms with E-state index in [1.54, 1.807) is 0 Å². The molecule has 1 rings (SSSR count). The van der Waals surface area contributed by atoms with Crippen LogP contribution in [0.5, 0.6) is 0 Å². The van der Waals surface area contributed by atoms with Gasteiger partial charge in [0.2, 0.25) is 0 Å². The number of halogens is 3. The van der Waals surface area contributed by atoms with Gasteiger partial charge in [0, 0.05) is 6.26 Å². The first kappa shape index (κ1) is 12.8. The fraction of sp³-hybridized carbons (Fsp3) is 1.00. The van der Waals surface area contributed by atoms with Crippen LogP contribution in [-0.2, 0) is 9.84 Å². The van der Waals surface area contributed by atoms with Gasteiger partial charge in [-0.05, 0) is 25.8 Å². The van der Waals surface area contributed by atoms with Crippen molar-refractivity contribution < 1.29 is 21.6 Å². The summed E-state index contributed by atoms with van der Waals surface area (Å²) in [5, 5.41) is 2.39. The molecule has 7 heteroatoms. The molecule has 0 amide bonds. The van der Waals surface area contributed by atoms with Gasteiger partial charge in [-0.2, -0.15) is 13.2 Å². The first-order chi connectivity index (χ1) is 6.66. The van der Waals surface area contributed by atoms with Crippen molar-refractivity contribution in [3.8, 4) is 0 Å². The fourth-order valence-electron chi connectivity index (χ4n) is 1.35. The van der Waals surface area contributed by atoms with Gasteiger partial charge in [-0.25, -0.2) is 8.42 Å². The standard InChI is InChI=1S/C8H14F3NO2S/c1-15(13,14)6-2-5-12-7(3-4-7)8(9,10)11/h12H,2-6H2,1H3. The minimum absolute atomic E-state index is 0.0755. The summed E-state index contributed by atoms with van der Waals surface area (Å²) in [5.41, 5.74) is -1.73. The second-order valence-electron chi connectivity index (χ2n) is 3.99. The number of rotatable bonds is 5. The van der Waals surface area contributed by atoms with E-state index in [9.17, 15) is 21.6 Å². The second-order valence-corrected chi connectivity index (χ2v) is 6.25. The molecule has 0 radical (unpaired) electrons. The maximum Gasteiger partial charge on any atom is 0.406 e. The average Bonchev–Trinajstić information content (AvgIpc) is 2.75. The van der Waals surface area contributed by atoms with Crippen molar-refractivity contribution in [3.05, 3.63) is 0 Å². The number of hydrogen-bond acceptors (Lipinski definition) is 3. The first-order valence-electron chi connectivity index (χ1n) is 4.66. The summed E-state index contributed by atoms with van der Waals surface area (Å²) in [6.45, 7) is 0.0899. The summed E-state index contributed by atoms with van der Waals surface area (Å²) in [6.07, 6.45) is -2.75. The molecule has 0 heterocycles. The highest BCUT2D eigenvalue weighted by molar-refractivity contribution is 7.90. The summed E-state index contributed by atoms with van der Waals surface area (Å²) in [7, 11) is -3.08. The van der Waals surface area contributed by atoms with Crippen molar-refractivity contribution in [2.45, 2.75) is 31.0 Å². The van der Waals surface area contributed by atoms with Crippen LogP contribution in [0.3, 0.4) is 0 Å². The van der Waals surface area contributed by atoms with E-state index in [1.165, 1.54) is 0 Å². The van der Waals surface area contributed by atoms with E-state index in [0.717, 1.165) is 6.26 Å². The Hall–Kier alpha value is -0.300. The number of sulfone groups is 1. The molecule has 15 heavy (non-hydrogen) atoms. The quantitative estimate of drug-likeness (QED) is 0.738. The zero-order valence-corrected chi connectivity index (χ0v) is 9.21. The summed E-state index contributed by atoms with van der Waals surface area (Å²) < 4.78 is 58.6. The first-order valence-corrected chi connectivity index (χ1v) is 6.72. The molecule has 1 fully saturated rings. The number of alkyl halides is 3. The third-order valence-electron chi connectivity index (χ3n) is 2.45. The lowest BCUT2D eigenvalue weighted by atomic mass is 10.2. The molecule has 1 aliphatic carbocycles. The van der Waals surface area contributed by atoms with Crippen LogP contribution in [0.4, 0.5) is 13.2 Å². The van der Waals surface area contributed by atoms with Crippen LogP contribution in [0.1, 0.15) is 19.3 Å². The Morgan fingerprint density at radius 2 is 1.87 bits per heavy atom. The zero-order chi connectivity index (χ0) is 11.7. The molecule has 1 N–H and O–H groups in total. The van der Waals surface area contributed by atoms with Crippen molar-refractivity contribution in [3.63, 3.8) is 0 Å². The molecular weight excluding hydrogens is 231 g/mol. The minimum atomic E-state index is -4.22. The molecule has 0 bridgehead atoms. The topological polar surface area (TPSA) is 46.2 Å². The molecule has 1 aliphatic rings. The summed E-state index contributed by atoms with van der Waals surface area (Å²) >= 11 is 0. The molecule has 1 saturated carbocycles. The van der Waals surface area contributed by atoms with E-state index >= 15 is 0 Å². The van der Waals surface area contributed by atoms with Gasteiger partial charge in [0.25, 0.3) is 0 Å². The molecule has 0 unspecified atom stereocenters. The molecule has 0 aromatic heterocycles. The van der Waals surface area contributed by atoms with Gasteiger partial charge in [-0.1, -0.05) is 0 Å². The minimum Gasteiger partial charge on any atom is -0.304 e. The third-order valence-corrected chi connectivity index (χ3v) is 3.48. The van der Waals surface area contributed by atoms with E-state index in [-0.39, 0.29) is 31.6 Å². The highest BCUT2D eigenvalue weighted by atomic mass is 32.2. The average molecular weight is 245 g/mol. The van der Waals surface area contributed by atoms with Crippen molar-refractivity contribution in [1.29, 1.82) is 0 Å². The molecule has 3 nitrogen and oxygen atoms in total. The molecule has 0 aromatic rings. The lowest BCUT2D eigenvalue weighted by Gasteiger charge is -2.20. The van der Waals surface area contributed by atoms with Crippen LogP contribution < -0.4 is 5.32 Å². The Kier molecular flexibility index (Phi) is 3.35. The smallest absolute Gasteiger partial charge is 0.304 e. The lowest BCUT2D eigenvalue weighted by Crippen LogP contribution is -2.45. The highest BCUT2D eigenvalue weighted by Gasteiger charge is 2.62. The summed E-state index contributed by atoms with van der Waals surface area (Å²) in [4.78, 5) is 0. The van der Waals surface area contributed by atoms with Gasteiger partial charge >= 0.3 is 6.18 Å². The van der Waals surface area contributed by atoms with Gasteiger partial charge in [-0.3, -0.25) is 0 Å². The number of hydrogen-bond donors (Lipinski definition) is 1. The maximum atomic E-state index is 12.4. The van der Waals surface area contributed by atoms with Crippen LogP contribution in [0.15, 0.2) is 0 Å². The summed E-state index contributed by atoms with van der Waals surface area (Å²) in [6, 6.07) is 0. The highest BCUT2D eigenvalue weighted by Crippen LogP contribution is 2.48. The maximum absolute atomic E-state index is 12.4. The van der Waals surface area contributed by atoms with E-state index in [4.69, 9.17) is 0 Å². The largest absolute Gasteiger partial charge is 0.406 e. The van der Waals surface area contributed by atoms with Crippen molar-refractivity contribution in [2.75, 3.05) is 18.6 Å². The van der Waals surface area contributed by atoms with E-state index < -0.39 is 21.6 Å². The van der Waals surface area contributed by atoms with Crippen molar-refractivity contribution >= 4 is 9.84 Å². The van der Waals surface area contributed by atoms with Crippen LogP contribution in [0.2, 0.25) is 0 Å². The van der Waals surface area contributed by atoms with Crippen molar-refractivity contribution in [2.24, 2.45) is 0 Å². The Morgan fingerprint density at radius 3 is 2.20 bits per heavy atom. The van der Waals surface area contributed by atoms with Gasteiger partial charge in [0.05, 0.1) is 5.75 Å². The third kappa shape index (κ3) is 3.64. The van der Waals surface area contributed by atoms with Gasteiger partial charge in [0.15, 0.2) is 0 Å². The van der Waals surface area contributed by atoms with Gasteiger partial charge < -0.3 is 5.32 Å². The van der Waals surface area contributed by atoms with Gasteiger partial charge in [-0.15, -0.1) is 0 Å². The molecular formula is C8H14F3NO2S. The Bertz CT molecular complexity index is 319. The van der Waals surface area contributed by atoms with Crippen LogP contribution in [-0.4, -0.2) is 38.7 Å². The number of nitrogens with one attached hydrogen (secondary N) is 1. The molecule has 0 atom stereocenters. The SMILES string of the molecule is CS(=O)(=O)CCCNC1(C(F)(F)F)CC1. The molecule has 0 aliphatic heterocycles. The monoisotopic (exact) mass is 245 g/mol. The summed E-state index contributed by atoms with van der Waals surface area (Å²) in [5.74, 6) is -0.0755. The normalized spacial score (nSPS) is 20.3. The molecule has 0 spiro atoms. The Morgan fingerprint density at radius 1 is 1.33 bits per heavy atom. The van der Waals surface area contributed by atoms with Gasteiger partial charge in [0.1, 0.15) is 15.4 Å². The Balaban J connectivity index is 2.27. The predicted octanol–water partition coefficient (Wildman–Crippen LogP) is 1.11. The van der Waals surface area contributed by atoms with E-state index in [2.05, 4.69) is 5.32 Å². The zero-order valence-electron chi connectivity index (χ0n) is 8.39.